The maximum absolute atomic E-state index is 5.21. The summed E-state index contributed by atoms with van der Waals surface area (Å²) in [6.07, 6.45) is 6.57. The maximum Gasteiger partial charge on any atom is 0.181 e. The van der Waals surface area contributed by atoms with Crippen LogP contribution in [0.5, 0.6) is 0 Å². The zero-order chi connectivity index (χ0) is 21.2. The molecule has 0 amide bonds. The van der Waals surface area contributed by atoms with Gasteiger partial charge in [-0.25, -0.2) is 19.6 Å². The molecule has 1 aliphatic rings. The molecule has 160 valence electrons. The summed E-state index contributed by atoms with van der Waals surface area (Å²) in [6.45, 7) is 0.478. The monoisotopic (exact) mass is 454 g/mol. The Morgan fingerprint density at radius 1 is 1.29 bits per heavy atom. The highest BCUT2D eigenvalue weighted by Gasteiger charge is 2.25. The van der Waals surface area contributed by atoms with Crippen molar-refractivity contribution in [3.05, 3.63) is 42.5 Å². The number of pyridine rings is 1. The van der Waals surface area contributed by atoms with Gasteiger partial charge in [-0.2, -0.15) is 22.0 Å². The molecule has 1 saturated heterocycles. The van der Waals surface area contributed by atoms with E-state index in [2.05, 4.69) is 20.2 Å². The van der Waals surface area contributed by atoms with Gasteiger partial charge in [-0.15, -0.1) is 0 Å². The number of nitrogens with one attached hydrogen (secondary N) is 1. The van der Waals surface area contributed by atoms with E-state index in [0.717, 1.165) is 50.9 Å². The van der Waals surface area contributed by atoms with Crippen molar-refractivity contribution in [3.63, 3.8) is 0 Å². The molecule has 0 radical (unpaired) electrons. The minimum Gasteiger partial charge on any atom is -0.378 e. The third-order valence-electron chi connectivity index (χ3n) is 5.01. The van der Waals surface area contributed by atoms with Crippen molar-refractivity contribution < 1.29 is 4.74 Å². The van der Waals surface area contributed by atoms with E-state index >= 15 is 0 Å². The second-order valence-corrected chi connectivity index (χ2v) is 9.38. The van der Waals surface area contributed by atoms with Crippen LogP contribution >= 0.6 is 23.5 Å². The van der Waals surface area contributed by atoms with E-state index in [1.165, 1.54) is 11.8 Å². The molecule has 11 heteroatoms. The predicted octanol–water partition coefficient (Wildman–Crippen LogP) is 3.44. The molecule has 1 unspecified atom stereocenters. The van der Waals surface area contributed by atoms with Crippen LogP contribution in [-0.4, -0.2) is 58.1 Å². The van der Waals surface area contributed by atoms with Crippen molar-refractivity contribution in [2.24, 2.45) is 7.05 Å². The van der Waals surface area contributed by atoms with Crippen molar-refractivity contribution in [2.45, 2.75) is 29.3 Å². The van der Waals surface area contributed by atoms with Crippen molar-refractivity contribution >= 4 is 23.5 Å². The minimum atomic E-state index is 0.312. The van der Waals surface area contributed by atoms with Crippen molar-refractivity contribution in [1.82, 2.24) is 39.5 Å². The topological polar surface area (TPSA) is 99.3 Å². The first-order chi connectivity index (χ1) is 15.2. The van der Waals surface area contributed by atoms with Gasteiger partial charge in [0.15, 0.2) is 16.8 Å². The van der Waals surface area contributed by atoms with Gasteiger partial charge in [-0.3, -0.25) is 5.10 Å². The Morgan fingerprint density at radius 3 is 3.00 bits per heavy atom. The number of rotatable bonds is 7. The molecule has 1 atom stereocenters. The van der Waals surface area contributed by atoms with Crippen LogP contribution in [0.3, 0.4) is 0 Å². The first kappa shape index (κ1) is 20.3. The molecule has 0 saturated carbocycles. The number of nitrogens with zero attached hydrogens (tertiary/aromatic N) is 7. The number of H-pyrrole nitrogens is 1. The summed E-state index contributed by atoms with van der Waals surface area (Å²) in [6, 6.07) is 6.24. The van der Waals surface area contributed by atoms with Crippen LogP contribution in [0.2, 0.25) is 0 Å². The second kappa shape index (κ2) is 8.85. The summed E-state index contributed by atoms with van der Waals surface area (Å²) >= 11 is 3.46. The quantitative estimate of drug-likeness (QED) is 0.453. The molecular formula is C20H22N8OS2. The third-order valence-corrected chi connectivity index (χ3v) is 7.16. The van der Waals surface area contributed by atoms with Crippen LogP contribution in [0.15, 0.2) is 47.0 Å². The number of thioether (sulfide) groups is 1. The summed E-state index contributed by atoms with van der Waals surface area (Å²) in [5.74, 6) is 3.61. The lowest BCUT2D eigenvalue weighted by molar-refractivity contribution is 0.181. The van der Waals surface area contributed by atoms with Gasteiger partial charge in [0, 0.05) is 44.1 Å². The Labute approximate surface area is 188 Å². The molecule has 1 fully saturated rings. The van der Waals surface area contributed by atoms with Gasteiger partial charge in [0.1, 0.15) is 10.7 Å². The van der Waals surface area contributed by atoms with Crippen molar-refractivity contribution in [2.75, 3.05) is 18.6 Å². The highest BCUT2D eigenvalue weighted by molar-refractivity contribution is 7.99. The van der Waals surface area contributed by atoms with E-state index in [0.29, 0.717) is 18.5 Å². The second-order valence-electron chi connectivity index (χ2n) is 7.24. The Balaban J connectivity index is 1.50. The van der Waals surface area contributed by atoms with Crippen LogP contribution in [0.4, 0.5) is 0 Å². The largest absolute Gasteiger partial charge is 0.378 e. The predicted molar refractivity (Wildman–Crippen MR) is 120 cm³/mol. The number of methoxy groups -OCH3 is 1. The van der Waals surface area contributed by atoms with E-state index in [9.17, 15) is 0 Å². The van der Waals surface area contributed by atoms with E-state index in [4.69, 9.17) is 14.8 Å². The van der Waals surface area contributed by atoms with Gasteiger partial charge >= 0.3 is 0 Å². The molecule has 4 aromatic heterocycles. The molecule has 1 aliphatic heterocycles. The number of hydrogen-bond donors (Lipinski definition) is 1. The number of aryl methyl sites for hydroxylation is 1. The summed E-state index contributed by atoms with van der Waals surface area (Å²) in [5, 5.41) is 14.1. The van der Waals surface area contributed by atoms with E-state index in [1.54, 1.807) is 19.5 Å². The van der Waals surface area contributed by atoms with Gasteiger partial charge in [-0.05, 0) is 42.1 Å². The number of ether oxygens (including phenoxy) is 1. The third kappa shape index (κ3) is 4.25. The molecule has 4 aromatic rings. The SMILES string of the molecule is COCc1cc(-c2nc(-c3ccnc(Sc4nccn4C)c3)nn2C2CCSC2)n[nH]1. The van der Waals surface area contributed by atoms with E-state index < -0.39 is 0 Å². The fourth-order valence-electron chi connectivity index (χ4n) is 3.44. The molecule has 1 N–H and O–H groups in total. The molecule has 0 bridgehead atoms. The summed E-state index contributed by atoms with van der Waals surface area (Å²) < 4.78 is 9.22. The number of imidazole rings is 1. The number of aromatic amines is 1. The standard InChI is InChI=1S/C20H22N8OS2/c1-27-7-6-22-20(27)31-17-9-13(3-5-21-17)18-23-19(16-10-14(11-29-2)24-25-16)28(26-18)15-4-8-30-12-15/h3,5-7,9-10,15H,4,8,11-12H2,1-2H3,(H,24,25). The van der Waals surface area contributed by atoms with Crippen molar-refractivity contribution in [3.8, 4) is 22.9 Å². The highest BCUT2D eigenvalue weighted by atomic mass is 32.2. The molecule has 9 nitrogen and oxygen atoms in total. The molecular weight excluding hydrogens is 432 g/mol. The Morgan fingerprint density at radius 2 is 2.23 bits per heavy atom. The number of hydrogen-bond acceptors (Lipinski definition) is 8. The molecule has 5 rings (SSSR count). The number of aromatic nitrogens is 8. The first-order valence-electron chi connectivity index (χ1n) is 9.91. The van der Waals surface area contributed by atoms with Crippen LogP contribution < -0.4 is 0 Å². The lowest BCUT2D eigenvalue weighted by Crippen LogP contribution is -2.11. The molecule has 0 aliphatic carbocycles. The molecule has 0 spiro atoms. The van der Waals surface area contributed by atoms with Crippen LogP contribution in [0.1, 0.15) is 18.2 Å². The minimum absolute atomic E-state index is 0.312. The van der Waals surface area contributed by atoms with Gasteiger partial charge < -0.3 is 9.30 Å². The van der Waals surface area contributed by atoms with E-state index in [1.807, 2.05) is 52.5 Å². The first-order valence-corrected chi connectivity index (χ1v) is 11.9. The maximum atomic E-state index is 5.21. The highest BCUT2D eigenvalue weighted by Crippen LogP contribution is 2.33. The molecule has 5 heterocycles. The van der Waals surface area contributed by atoms with Gasteiger partial charge in [0.05, 0.1) is 18.3 Å². The summed E-state index contributed by atoms with van der Waals surface area (Å²) in [5.41, 5.74) is 2.61. The average molecular weight is 455 g/mol. The lowest BCUT2D eigenvalue weighted by atomic mass is 10.2. The molecule has 0 aromatic carbocycles. The Hall–Kier alpha value is -2.63. The Bertz CT molecular complexity index is 1180. The Kier molecular flexibility index (Phi) is 5.79. The lowest BCUT2D eigenvalue weighted by Gasteiger charge is -2.10. The zero-order valence-electron chi connectivity index (χ0n) is 17.2. The fraction of sp³-hybridized carbons (Fsp3) is 0.350. The fourth-order valence-corrected chi connectivity index (χ4v) is 5.43. The van der Waals surface area contributed by atoms with Crippen LogP contribution in [-0.2, 0) is 18.4 Å². The summed E-state index contributed by atoms with van der Waals surface area (Å²) in [7, 11) is 3.64. The summed E-state index contributed by atoms with van der Waals surface area (Å²) in [4.78, 5) is 13.7. The van der Waals surface area contributed by atoms with Crippen LogP contribution in [0.25, 0.3) is 22.9 Å². The van der Waals surface area contributed by atoms with Crippen LogP contribution in [0, 0.1) is 0 Å². The zero-order valence-corrected chi connectivity index (χ0v) is 18.9. The van der Waals surface area contributed by atoms with Gasteiger partial charge in [-0.1, -0.05) is 0 Å². The normalized spacial score (nSPS) is 16.3. The smallest absolute Gasteiger partial charge is 0.181 e. The van der Waals surface area contributed by atoms with Gasteiger partial charge in [0.2, 0.25) is 0 Å². The average Bonchev–Trinajstić information content (AvgIpc) is 3.56. The van der Waals surface area contributed by atoms with Gasteiger partial charge in [0.25, 0.3) is 0 Å². The molecule has 31 heavy (non-hydrogen) atoms. The van der Waals surface area contributed by atoms with E-state index in [-0.39, 0.29) is 0 Å². The van der Waals surface area contributed by atoms with Crippen molar-refractivity contribution in [1.29, 1.82) is 0 Å².